The molecule has 0 aliphatic carbocycles. The molecular weight excluding hydrogens is 452 g/mol. The second-order valence-electron chi connectivity index (χ2n) is 9.67. The van der Waals surface area contributed by atoms with Crippen molar-refractivity contribution in [2.24, 2.45) is 0 Å². The van der Waals surface area contributed by atoms with Gasteiger partial charge in [0.2, 0.25) is 15.2 Å². The minimum atomic E-state index is -3.52. The van der Waals surface area contributed by atoms with Gasteiger partial charge >= 0.3 is 0 Å². The van der Waals surface area contributed by atoms with E-state index < -0.39 is 10.0 Å². The highest BCUT2D eigenvalue weighted by molar-refractivity contribution is 7.89. The topological polar surface area (TPSA) is 66.4 Å². The fourth-order valence-corrected chi connectivity index (χ4v) is 6.14. The highest BCUT2D eigenvalue weighted by Crippen LogP contribution is 2.26. The maximum atomic E-state index is 13.3. The minimum absolute atomic E-state index is 0.00848. The zero-order chi connectivity index (χ0) is 23.6. The van der Waals surface area contributed by atoms with Crippen molar-refractivity contribution in [1.29, 1.82) is 0 Å². The van der Waals surface area contributed by atoms with Gasteiger partial charge in [-0.05, 0) is 42.0 Å². The van der Waals surface area contributed by atoms with E-state index >= 15 is 0 Å². The average Bonchev–Trinajstić information content (AvgIpc) is 3.08. The lowest BCUT2D eigenvalue weighted by Gasteiger charge is -2.22. The van der Waals surface area contributed by atoms with E-state index in [-0.39, 0.29) is 5.41 Å². The van der Waals surface area contributed by atoms with Crippen molar-refractivity contribution in [2.45, 2.75) is 50.8 Å². The second kappa shape index (κ2) is 9.52. The predicted octanol–water partition coefficient (Wildman–Crippen LogP) is 4.64. The number of benzene rings is 2. The fraction of sp³-hybridized carbons (Fsp3) is 0.440. The number of rotatable bonds is 5. The van der Waals surface area contributed by atoms with Crippen molar-refractivity contribution >= 4 is 26.7 Å². The minimum Gasteiger partial charge on any atom is -0.345 e. The number of hydrogen-bond acceptors (Lipinski definition) is 6. The smallest absolute Gasteiger partial charge is 0.243 e. The molecule has 6 nitrogen and oxygen atoms in total. The molecule has 0 atom stereocenters. The largest absolute Gasteiger partial charge is 0.345 e. The van der Waals surface area contributed by atoms with Gasteiger partial charge < -0.3 is 4.90 Å². The van der Waals surface area contributed by atoms with Gasteiger partial charge in [-0.3, -0.25) is 0 Å². The lowest BCUT2D eigenvalue weighted by Crippen LogP contribution is -2.35. The first-order chi connectivity index (χ1) is 15.6. The normalized spacial score (nSPS) is 16.1. The number of aromatic nitrogens is 2. The van der Waals surface area contributed by atoms with Crippen LogP contribution in [0.5, 0.6) is 0 Å². The molecule has 176 valence electrons. The molecule has 1 aliphatic rings. The Morgan fingerprint density at radius 3 is 2.30 bits per heavy atom. The number of anilines is 1. The SMILES string of the molecule is Cc1ccc(Cc2nsc(N3CCCN(S(=O)(=O)c4ccc(C(C)(C)C)cc4)CC3)n2)cc1. The number of nitrogens with zero attached hydrogens (tertiary/aromatic N) is 4. The van der Waals surface area contributed by atoms with Crippen LogP contribution in [0.4, 0.5) is 5.13 Å². The van der Waals surface area contributed by atoms with Crippen LogP contribution in [0, 0.1) is 6.92 Å². The van der Waals surface area contributed by atoms with Crippen molar-refractivity contribution < 1.29 is 8.42 Å². The van der Waals surface area contributed by atoms with E-state index in [1.54, 1.807) is 16.4 Å². The second-order valence-corrected chi connectivity index (χ2v) is 12.3. The van der Waals surface area contributed by atoms with Crippen molar-refractivity contribution in [3.05, 3.63) is 71.0 Å². The summed E-state index contributed by atoms with van der Waals surface area (Å²) in [5, 5.41) is 0.867. The lowest BCUT2D eigenvalue weighted by atomic mass is 9.87. The first-order valence-electron chi connectivity index (χ1n) is 11.4. The van der Waals surface area contributed by atoms with E-state index in [0.29, 0.717) is 31.0 Å². The molecule has 0 radical (unpaired) electrons. The van der Waals surface area contributed by atoms with Crippen LogP contribution in [0.2, 0.25) is 0 Å². The van der Waals surface area contributed by atoms with Gasteiger partial charge in [-0.2, -0.15) is 8.68 Å². The van der Waals surface area contributed by atoms with Gasteiger partial charge in [0.05, 0.1) is 4.90 Å². The molecule has 0 N–H and O–H groups in total. The van der Waals surface area contributed by atoms with Crippen molar-refractivity contribution in [3.8, 4) is 0 Å². The monoisotopic (exact) mass is 484 g/mol. The quantitative estimate of drug-likeness (QED) is 0.528. The third-order valence-corrected chi connectivity index (χ3v) is 8.75. The Bertz CT molecular complexity index is 1180. The van der Waals surface area contributed by atoms with Crippen LogP contribution < -0.4 is 4.90 Å². The Morgan fingerprint density at radius 2 is 1.64 bits per heavy atom. The van der Waals surface area contributed by atoms with Gasteiger partial charge in [-0.15, -0.1) is 0 Å². The summed E-state index contributed by atoms with van der Waals surface area (Å²) in [6, 6.07) is 15.7. The zero-order valence-electron chi connectivity index (χ0n) is 19.8. The molecule has 4 rings (SSSR count). The maximum Gasteiger partial charge on any atom is 0.243 e. The van der Waals surface area contributed by atoms with E-state index in [0.717, 1.165) is 29.5 Å². The van der Waals surface area contributed by atoms with E-state index in [4.69, 9.17) is 4.98 Å². The van der Waals surface area contributed by atoms with Crippen LogP contribution in [-0.4, -0.2) is 48.3 Å². The molecule has 1 saturated heterocycles. The summed E-state index contributed by atoms with van der Waals surface area (Å²) < 4.78 is 32.7. The molecule has 2 heterocycles. The Morgan fingerprint density at radius 1 is 0.939 bits per heavy atom. The zero-order valence-corrected chi connectivity index (χ0v) is 21.4. The van der Waals surface area contributed by atoms with Gasteiger partial charge in [0.25, 0.3) is 0 Å². The standard InChI is InChI=1S/C25H32N4O2S2/c1-19-6-8-20(9-7-19)18-23-26-24(32-27-23)28-14-5-15-29(17-16-28)33(30,31)22-12-10-21(11-13-22)25(2,3)4/h6-13H,5,14-18H2,1-4H3. The molecule has 0 saturated carbocycles. The van der Waals surface area contributed by atoms with Crippen LogP contribution in [-0.2, 0) is 21.9 Å². The Labute approximate surface area is 201 Å². The molecule has 1 aromatic heterocycles. The van der Waals surface area contributed by atoms with Gasteiger partial charge in [0.15, 0.2) is 0 Å². The Kier molecular flexibility index (Phi) is 6.88. The molecule has 8 heteroatoms. The van der Waals surface area contributed by atoms with E-state index in [1.807, 2.05) is 12.1 Å². The molecule has 2 aromatic carbocycles. The van der Waals surface area contributed by atoms with Gasteiger partial charge in [0, 0.05) is 44.1 Å². The summed E-state index contributed by atoms with van der Waals surface area (Å²) in [4.78, 5) is 7.26. The molecule has 1 fully saturated rings. The van der Waals surface area contributed by atoms with Crippen molar-refractivity contribution in [2.75, 3.05) is 31.1 Å². The summed E-state index contributed by atoms with van der Waals surface area (Å²) in [7, 11) is -3.52. The summed E-state index contributed by atoms with van der Waals surface area (Å²) in [5.74, 6) is 0.812. The molecule has 0 spiro atoms. The lowest BCUT2D eigenvalue weighted by molar-refractivity contribution is 0.433. The summed E-state index contributed by atoms with van der Waals surface area (Å²) in [6.45, 7) is 10.8. The molecule has 0 amide bonds. The van der Waals surface area contributed by atoms with Gasteiger partial charge in [-0.1, -0.05) is 62.7 Å². The van der Waals surface area contributed by atoms with Crippen LogP contribution in [0.25, 0.3) is 0 Å². The molecule has 1 aliphatic heterocycles. The van der Waals surface area contributed by atoms with Crippen molar-refractivity contribution in [1.82, 2.24) is 13.7 Å². The average molecular weight is 485 g/mol. The third kappa shape index (κ3) is 5.62. The molecule has 0 unspecified atom stereocenters. The fourth-order valence-electron chi connectivity index (χ4n) is 3.93. The van der Waals surface area contributed by atoms with E-state index in [2.05, 4.69) is 61.2 Å². The van der Waals surface area contributed by atoms with E-state index in [9.17, 15) is 8.42 Å². The number of sulfonamides is 1. The van der Waals surface area contributed by atoms with Crippen LogP contribution >= 0.6 is 11.5 Å². The third-order valence-electron chi connectivity index (χ3n) is 6.02. The van der Waals surface area contributed by atoms with E-state index in [1.165, 1.54) is 22.7 Å². The summed E-state index contributed by atoms with van der Waals surface area (Å²) in [6.07, 6.45) is 1.46. The van der Waals surface area contributed by atoms with Crippen LogP contribution in [0.3, 0.4) is 0 Å². The Balaban J connectivity index is 1.42. The Hall–Kier alpha value is -2.29. The molecule has 0 bridgehead atoms. The first-order valence-corrected chi connectivity index (χ1v) is 13.6. The number of hydrogen-bond donors (Lipinski definition) is 0. The number of aryl methyl sites for hydroxylation is 1. The molecular formula is C25H32N4O2S2. The van der Waals surface area contributed by atoms with Crippen molar-refractivity contribution in [3.63, 3.8) is 0 Å². The first kappa shape index (κ1) is 23.9. The predicted molar refractivity (Wildman–Crippen MR) is 135 cm³/mol. The highest BCUT2D eigenvalue weighted by atomic mass is 32.2. The van der Waals surface area contributed by atoms with Gasteiger partial charge in [0.1, 0.15) is 5.82 Å². The highest BCUT2D eigenvalue weighted by Gasteiger charge is 2.28. The van der Waals surface area contributed by atoms with Crippen LogP contribution in [0.15, 0.2) is 53.4 Å². The van der Waals surface area contributed by atoms with Crippen LogP contribution in [0.1, 0.15) is 49.7 Å². The summed E-state index contributed by atoms with van der Waals surface area (Å²) >= 11 is 1.39. The maximum absolute atomic E-state index is 13.3. The molecule has 3 aromatic rings. The van der Waals surface area contributed by atoms with Gasteiger partial charge in [-0.25, -0.2) is 13.4 Å². The molecule has 33 heavy (non-hydrogen) atoms. The summed E-state index contributed by atoms with van der Waals surface area (Å²) in [5.41, 5.74) is 3.54.